The van der Waals surface area contributed by atoms with Crippen molar-refractivity contribution in [3.8, 4) is 11.5 Å². The van der Waals surface area contributed by atoms with Crippen LogP contribution in [0.1, 0.15) is 30.3 Å². The molecule has 3 aromatic rings. The number of urea groups is 1. The Balaban J connectivity index is 1.15. The number of hydrogen-bond acceptors (Lipinski definition) is 17. The van der Waals surface area contributed by atoms with Gasteiger partial charge in [0.15, 0.2) is 15.8 Å². The summed E-state index contributed by atoms with van der Waals surface area (Å²) in [6, 6.07) is 4.67. The molecule has 0 spiro atoms. The molecule has 57 heavy (non-hydrogen) atoms. The second-order valence-corrected chi connectivity index (χ2v) is 16.3. The largest absolute Gasteiger partial charge is 0.477 e. The first kappa shape index (κ1) is 40.8. The van der Waals surface area contributed by atoms with E-state index in [0.29, 0.717) is 20.4 Å². The summed E-state index contributed by atoms with van der Waals surface area (Å²) in [7, 11) is 0. The fourth-order valence-electron chi connectivity index (χ4n) is 6.04. The molecule has 2 saturated heterocycles. The maximum atomic E-state index is 14.0. The first-order chi connectivity index (χ1) is 27.2. The van der Waals surface area contributed by atoms with E-state index < -0.39 is 64.6 Å². The Morgan fingerprint density at radius 1 is 1.05 bits per heavy atom. The van der Waals surface area contributed by atoms with Gasteiger partial charge in [-0.3, -0.25) is 43.4 Å². The number of esters is 2. The van der Waals surface area contributed by atoms with Gasteiger partial charge in [0, 0.05) is 49.9 Å². The molecular weight excluding hydrogens is 829 g/mol. The van der Waals surface area contributed by atoms with E-state index in [2.05, 4.69) is 26.1 Å². The fourth-order valence-corrected chi connectivity index (χ4v) is 9.86. The van der Waals surface area contributed by atoms with E-state index >= 15 is 0 Å². The molecule has 1 aromatic carbocycles. The Morgan fingerprint density at radius 2 is 1.81 bits per heavy atom. The van der Waals surface area contributed by atoms with Crippen molar-refractivity contribution in [3.05, 3.63) is 62.9 Å². The number of nitrogens with one attached hydrogen (secondary N) is 3. The number of aliphatic carboxylic acids is 1. The van der Waals surface area contributed by atoms with Crippen molar-refractivity contribution < 1.29 is 57.7 Å². The maximum Gasteiger partial charge on any atom is 0.352 e. The van der Waals surface area contributed by atoms with Crippen LogP contribution in [-0.2, 0) is 44.9 Å². The number of ether oxygens (including phenoxy) is 2. The number of rotatable bonds is 14. The fraction of sp³-hybridized carbons (Fsp3) is 0.303. The van der Waals surface area contributed by atoms with Gasteiger partial charge in [-0.2, -0.15) is 0 Å². The number of carbonyl (C=O) groups is 9. The summed E-state index contributed by atoms with van der Waals surface area (Å²) in [6.07, 6.45) is 0.189. The highest BCUT2D eigenvalue weighted by Crippen LogP contribution is 2.46. The lowest BCUT2D eigenvalue weighted by atomic mass is 9.94. The molecule has 4 N–H and O–H groups in total. The van der Waals surface area contributed by atoms with E-state index in [-0.39, 0.29) is 59.6 Å². The first-order valence-electron chi connectivity index (χ1n) is 16.5. The average Bonchev–Trinajstić information content (AvgIpc) is 3.90. The number of benzene rings is 1. The van der Waals surface area contributed by atoms with Crippen LogP contribution in [0.2, 0.25) is 0 Å². The summed E-state index contributed by atoms with van der Waals surface area (Å²) >= 11 is 4.67. The van der Waals surface area contributed by atoms with Gasteiger partial charge in [0.1, 0.15) is 22.6 Å². The zero-order valence-electron chi connectivity index (χ0n) is 29.6. The van der Waals surface area contributed by atoms with Gasteiger partial charge in [0.05, 0.1) is 0 Å². The Labute approximate surface area is 338 Å². The van der Waals surface area contributed by atoms with Crippen LogP contribution >= 0.6 is 46.2 Å². The summed E-state index contributed by atoms with van der Waals surface area (Å²) < 4.78 is 10.8. The van der Waals surface area contributed by atoms with Crippen molar-refractivity contribution in [2.45, 2.75) is 41.8 Å². The number of thioether (sulfide) groups is 2. The quantitative estimate of drug-likeness (QED) is 0.0330. The number of hydrogen-bond donors (Lipinski definition) is 4. The molecule has 7 amide bonds. The molecule has 24 heteroatoms. The van der Waals surface area contributed by atoms with E-state index in [1.165, 1.54) is 52.9 Å². The summed E-state index contributed by atoms with van der Waals surface area (Å²) in [5, 5.41) is 25.6. The van der Waals surface area contributed by atoms with Crippen molar-refractivity contribution in [2.24, 2.45) is 0 Å². The van der Waals surface area contributed by atoms with Crippen LogP contribution in [-0.4, -0.2) is 120 Å². The predicted molar refractivity (Wildman–Crippen MR) is 200 cm³/mol. The standard InChI is InChI=1S/C33H30N8O12S4/c1-16(43)52-20-6-5-18(10-21(20)53-17(2)44)11-39-7-8-40(27(47)26(39)46)31(51)36-23(22-4-3-9-54-22)25(45)37-33(34-14-42)29(50)41-24(28(48)49)19(12-55-30(33)41)13-56-32-38-35-15-57-32/h3-6,9-10,14-15,23,30H,7-8,11-13H2,1-2H3,(H,34,42)(H,36,51)(H,37,45)(H,48,49)/t23?,30-,33+/m0/s1. The molecular formula is C33H30N8O12S4. The first-order valence-corrected chi connectivity index (χ1v) is 20.3. The number of carboxylic acid groups (broad SMARTS) is 1. The van der Waals surface area contributed by atoms with Gasteiger partial charge < -0.3 is 35.4 Å². The molecule has 298 valence electrons. The van der Waals surface area contributed by atoms with Crippen molar-refractivity contribution in [1.29, 1.82) is 0 Å². The normalized spacial score (nSPS) is 19.6. The third-order valence-corrected chi connectivity index (χ3v) is 12.8. The summed E-state index contributed by atoms with van der Waals surface area (Å²) in [5.74, 6) is -6.75. The van der Waals surface area contributed by atoms with Gasteiger partial charge in [-0.25, -0.2) is 9.59 Å². The third-order valence-electron chi connectivity index (χ3n) is 8.47. The molecule has 3 atom stereocenters. The second-order valence-electron chi connectivity index (χ2n) is 12.2. The van der Waals surface area contributed by atoms with Crippen LogP contribution in [0.3, 0.4) is 0 Å². The molecule has 3 aliphatic heterocycles. The monoisotopic (exact) mass is 858 g/mol. The van der Waals surface area contributed by atoms with Gasteiger partial charge in [-0.05, 0) is 34.7 Å². The summed E-state index contributed by atoms with van der Waals surface area (Å²) in [6.45, 7) is 1.75. The molecule has 20 nitrogen and oxygen atoms in total. The Kier molecular flexibility index (Phi) is 12.2. The van der Waals surface area contributed by atoms with Crippen molar-refractivity contribution in [3.63, 3.8) is 0 Å². The minimum atomic E-state index is -2.11. The Morgan fingerprint density at radius 3 is 2.46 bits per heavy atom. The van der Waals surface area contributed by atoms with Gasteiger partial charge in [-0.1, -0.05) is 35.2 Å². The maximum absolute atomic E-state index is 14.0. The third kappa shape index (κ3) is 8.47. The SMILES string of the molecule is CC(=O)Oc1ccc(CN2CCN(C(=O)NC(C(=O)N[C@]3(NC=O)C(=O)N4C(C(=O)O)=C(CSc5nncs5)CS[C@H]43)c3cccs3)C(=O)C2=O)cc1OC(C)=O. The zero-order valence-corrected chi connectivity index (χ0v) is 32.9. The van der Waals surface area contributed by atoms with Gasteiger partial charge in [0.25, 0.3) is 5.91 Å². The predicted octanol–water partition coefficient (Wildman–Crippen LogP) is 0.677. The van der Waals surface area contributed by atoms with E-state index in [1.54, 1.807) is 11.4 Å². The smallest absolute Gasteiger partial charge is 0.352 e. The van der Waals surface area contributed by atoms with Crippen molar-refractivity contribution >= 4 is 100 Å². The van der Waals surface area contributed by atoms with Gasteiger partial charge >= 0.3 is 35.8 Å². The van der Waals surface area contributed by atoms with E-state index in [4.69, 9.17) is 9.47 Å². The topological polar surface area (TPSA) is 264 Å². The number of nitrogens with zero attached hydrogens (tertiary/aromatic N) is 5. The minimum Gasteiger partial charge on any atom is -0.477 e. The lowest BCUT2D eigenvalue weighted by Crippen LogP contribution is -2.85. The van der Waals surface area contributed by atoms with Gasteiger partial charge in [0.2, 0.25) is 18.0 Å². The van der Waals surface area contributed by atoms with E-state index in [1.807, 2.05) is 0 Å². The molecule has 5 heterocycles. The average molecular weight is 859 g/mol. The number of carboxylic acids is 1. The Bertz CT molecular complexity index is 2180. The van der Waals surface area contributed by atoms with Crippen LogP contribution in [0, 0.1) is 0 Å². The van der Waals surface area contributed by atoms with E-state index in [9.17, 15) is 48.3 Å². The molecule has 0 saturated carbocycles. The number of piperazine rings is 1. The number of fused-ring (bicyclic) bond motifs is 1. The Hall–Kier alpha value is -5.85. The number of thiophene rings is 1. The summed E-state index contributed by atoms with van der Waals surface area (Å²) in [4.78, 5) is 118. The molecule has 0 radical (unpaired) electrons. The molecule has 2 fully saturated rings. The van der Waals surface area contributed by atoms with Crippen LogP contribution in [0.25, 0.3) is 0 Å². The lowest BCUT2D eigenvalue weighted by Gasteiger charge is -2.56. The molecule has 1 unspecified atom stereocenters. The van der Waals surface area contributed by atoms with Crippen LogP contribution in [0.5, 0.6) is 11.5 Å². The van der Waals surface area contributed by atoms with Crippen LogP contribution in [0.4, 0.5) is 4.79 Å². The molecule has 0 bridgehead atoms. The highest BCUT2D eigenvalue weighted by atomic mass is 32.2. The molecule has 6 rings (SSSR count). The zero-order chi connectivity index (χ0) is 41.0. The van der Waals surface area contributed by atoms with E-state index in [0.717, 1.165) is 46.7 Å². The molecule has 0 aliphatic carbocycles. The minimum absolute atomic E-state index is 0.0364. The number of β-lactam (4-membered cyclic amide) rings is 1. The number of amides is 7. The highest BCUT2D eigenvalue weighted by Gasteiger charge is 2.66. The molecule has 2 aromatic heterocycles. The van der Waals surface area contributed by atoms with Crippen molar-refractivity contribution in [1.82, 2.24) is 40.8 Å². The van der Waals surface area contributed by atoms with Crippen molar-refractivity contribution in [2.75, 3.05) is 24.6 Å². The number of carbonyl (C=O) groups excluding carboxylic acids is 8. The van der Waals surface area contributed by atoms with Crippen LogP contribution < -0.4 is 25.4 Å². The number of aromatic nitrogens is 2. The lowest BCUT2D eigenvalue weighted by molar-refractivity contribution is -0.163. The van der Waals surface area contributed by atoms with Crippen LogP contribution in [0.15, 0.2) is 56.8 Å². The number of imide groups is 1. The summed E-state index contributed by atoms with van der Waals surface area (Å²) in [5.41, 5.74) is -0.0637. The second kappa shape index (κ2) is 17.1. The molecule has 3 aliphatic rings. The highest BCUT2D eigenvalue weighted by molar-refractivity contribution is 8.01. The van der Waals surface area contributed by atoms with Gasteiger partial charge in [-0.15, -0.1) is 33.3 Å².